The molecule has 1 aromatic heterocycles. The van der Waals surface area contributed by atoms with Crippen LogP contribution in [0.4, 0.5) is 10.1 Å². The lowest BCUT2D eigenvalue weighted by Crippen LogP contribution is -2.17. The van der Waals surface area contributed by atoms with Crippen LogP contribution in [0.5, 0.6) is 5.75 Å². The number of nitrogens with one attached hydrogen (secondary N) is 1. The first kappa shape index (κ1) is 24.0. The van der Waals surface area contributed by atoms with Gasteiger partial charge in [0.1, 0.15) is 11.6 Å². The van der Waals surface area contributed by atoms with Gasteiger partial charge in [0, 0.05) is 53.5 Å². The maximum Gasteiger partial charge on any atom is 0.163 e. The van der Waals surface area contributed by atoms with Crippen LogP contribution in [-0.2, 0) is 0 Å². The normalized spacial score (nSPS) is 14.2. The molecular weight excluding hydrogens is 475 g/mol. The van der Waals surface area contributed by atoms with Crippen LogP contribution in [0.2, 0.25) is 0 Å². The maximum absolute atomic E-state index is 14.2. The molecule has 6 rings (SSSR count). The zero-order valence-electron chi connectivity index (χ0n) is 21.0. The van der Waals surface area contributed by atoms with E-state index in [1.54, 1.807) is 0 Å². The van der Waals surface area contributed by atoms with E-state index in [1.165, 1.54) is 36.7 Å². The van der Waals surface area contributed by atoms with E-state index in [2.05, 4.69) is 34.1 Å². The van der Waals surface area contributed by atoms with Crippen molar-refractivity contribution >= 4 is 22.4 Å². The molecule has 1 aliphatic heterocycles. The number of ketones is 1. The predicted molar refractivity (Wildman–Crippen MR) is 150 cm³/mol. The smallest absolute Gasteiger partial charge is 0.163 e. The number of benzene rings is 4. The Balaban J connectivity index is 1.30. The number of anilines is 1. The number of H-pyrrole nitrogens is 1. The Hall–Kier alpha value is -4.38. The highest BCUT2D eigenvalue weighted by molar-refractivity contribution is 5.98. The molecule has 5 aromatic rings. The highest BCUT2D eigenvalue weighted by Crippen LogP contribution is 2.37. The van der Waals surface area contributed by atoms with E-state index in [-0.39, 0.29) is 18.0 Å². The number of Topliss-reactive ketones (excluding diaryl/α,β-unsaturated/α-hetero) is 1. The van der Waals surface area contributed by atoms with Gasteiger partial charge in [0.2, 0.25) is 0 Å². The zero-order valence-corrected chi connectivity index (χ0v) is 21.0. The van der Waals surface area contributed by atoms with Gasteiger partial charge in [-0.3, -0.25) is 4.79 Å². The van der Waals surface area contributed by atoms with Gasteiger partial charge in [0.15, 0.2) is 5.78 Å². The Morgan fingerprint density at radius 1 is 0.868 bits per heavy atom. The van der Waals surface area contributed by atoms with Crippen molar-refractivity contribution in [1.29, 1.82) is 0 Å². The van der Waals surface area contributed by atoms with Crippen molar-refractivity contribution in [1.82, 2.24) is 4.98 Å². The Bertz CT molecular complexity index is 1570. The highest BCUT2D eigenvalue weighted by atomic mass is 19.1. The van der Waals surface area contributed by atoms with E-state index < -0.39 is 11.7 Å². The van der Waals surface area contributed by atoms with Gasteiger partial charge in [-0.2, -0.15) is 0 Å². The lowest BCUT2D eigenvalue weighted by atomic mass is 9.87. The minimum absolute atomic E-state index is 0.0327. The molecule has 0 aliphatic carbocycles. The first-order chi connectivity index (χ1) is 18.5. The minimum atomic E-state index is -0.533. The number of carbonyl (C=O) groups is 1. The first-order valence-electron chi connectivity index (χ1n) is 13.1. The van der Waals surface area contributed by atoms with Crippen LogP contribution in [0.1, 0.15) is 46.8 Å². The largest absolute Gasteiger partial charge is 0.508 e. The van der Waals surface area contributed by atoms with Crippen molar-refractivity contribution in [2.75, 3.05) is 18.0 Å². The van der Waals surface area contributed by atoms with Gasteiger partial charge in [-0.1, -0.05) is 48.5 Å². The zero-order chi connectivity index (χ0) is 26.1. The third-order valence-electron chi connectivity index (χ3n) is 7.54. The average Bonchev–Trinajstić information content (AvgIpc) is 3.64. The molecule has 4 aromatic carbocycles. The molecule has 5 heteroatoms. The number of fused-ring (bicyclic) bond motifs is 1. The van der Waals surface area contributed by atoms with Crippen molar-refractivity contribution in [2.45, 2.75) is 25.2 Å². The molecule has 2 heterocycles. The monoisotopic (exact) mass is 504 g/mol. The fourth-order valence-electron chi connectivity index (χ4n) is 5.49. The van der Waals surface area contributed by atoms with Crippen LogP contribution in [-0.4, -0.2) is 29.0 Å². The lowest BCUT2D eigenvalue weighted by Gasteiger charge is -2.18. The molecule has 1 saturated heterocycles. The molecule has 2 N–H and O–H groups in total. The summed E-state index contributed by atoms with van der Waals surface area (Å²) >= 11 is 0. The number of para-hydroxylation sites is 1. The molecule has 4 nitrogen and oxygen atoms in total. The summed E-state index contributed by atoms with van der Waals surface area (Å²) in [6.07, 6.45) is 2.55. The van der Waals surface area contributed by atoms with E-state index in [0.29, 0.717) is 11.1 Å². The standard InChI is InChI=1S/C33H29FN2O2/c34-26-12-15-32(37)29(20-26)28(31-19-24-6-1-2-9-30(24)35-31)21-33(38)25-8-5-7-23(18-25)22-10-13-27(14-11-22)36-16-3-4-17-36/h1-2,5-15,18-20,28,35,37H,3-4,16-17,21H2/t28-/m1/s1. The summed E-state index contributed by atoms with van der Waals surface area (Å²) in [7, 11) is 0. The second kappa shape index (κ2) is 10.2. The van der Waals surface area contributed by atoms with Crippen molar-refractivity contribution in [2.24, 2.45) is 0 Å². The van der Waals surface area contributed by atoms with Gasteiger partial charge in [-0.05, 0) is 77.9 Å². The molecule has 0 spiro atoms. The van der Waals surface area contributed by atoms with E-state index >= 15 is 0 Å². The summed E-state index contributed by atoms with van der Waals surface area (Å²) in [5.41, 5.74) is 5.91. The van der Waals surface area contributed by atoms with E-state index in [0.717, 1.165) is 40.8 Å². The average molecular weight is 505 g/mol. The number of halogens is 1. The molecule has 0 amide bonds. The Kier molecular flexibility index (Phi) is 6.42. The summed E-state index contributed by atoms with van der Waals surface area (Å²) < 4.78 is 14.2. The summed E-state index contributed by atoms with van der Waals surface area (Å²) in [5, 5.41) is 11.6. The third-order valence-corrected chi connectivity index (χ3v) is 7.54. The molecule has 0 saturated carbocycles. The van der Waals surface area contributed by atoms with Crippen molar-refractivity contribution in [3.05, 3.63) is 120 Å². The Labute approximate surface area is 221 Å². The van der Waals surface area contributed by atoms with Crippen LogP contribution >= 0.6 is 0 Å². The van der Waals surface area contributed by atoms with Crippen molar-refractivity contribution in [3.63, 3.8) is 0 Å². The quantitative estimate of drug-likeness (QED) is 0.224. The van der Waals surface area contributed by atoms with Crippen LogP contribution in [0, 0.1) is 5.82 Å². The Morgan fingerprint density at radius 2 is 1.66 bits per heavy atom. The summed E-state index contributed by atoms with van der Waals surface area (Å²) in [4.78, 5) is 19.4. The first-order valence-corrected chi connectivity index (χ1v) is 13.1. The third kappa shape index (κ3) is 4.80. The van der Waals surface area contributed by atoms with Crippen molar-refractivity contribution < 1.29 is 14.3 Å². The highest BCUT2D eigenvalue weighted by Gasteiger charge is 2.24. The maximum atomic E-state index is 14.2. The number of carbonyl (C=O) groups excluding carboxylic acids is 1. The van der Waals surface area contributed by atoms with Crippen LogP contribution < -0.4 is 4.90 Å². The topological polar surface area (TPSA) is 56.3 Å². The van der Waals surface area contributed by atoms with Gasteiger partial charge < -0.3 is 15.0 Å². The number of phenolic OH excluding ortho intramolecular Hbond substituents is 1. The molecule has 1 atom stereocenters. The molecule has 190 valence electrons. The summed E-state index contributed by atoms with van der Waals surface area (Å²) in [6.45, 7) is 2.20. The number of hydrogen-bond donors (Lipinski definition) is 2. The summed E-state index contributed by atoms with van der Waals surface area (Å²) in [6, 6.07) is 29.8. The van der Waals surface area contributed by atoms with Crippen LogP contribution in [0.25, 0.3) is 22.0 Å². The van der Waals surface area contributed by atoms with Crippen LogP contribution in [0.3, 0.4) is 0 Å². The van der Waals surface area contributed by atoms with E-state index in [1.807, 2.05) is 54.6 Å². The number of phenols is 1. The molecule has 1 aliphatic rings. The number of aromatic nitrogens is 1. The Morgan fingerprint density at radius 3 is 2.45 bits per heavy atom. The van der Waals surface area contributed by atoms with Gasteiger partial charge in [0.25, 0.3) is 0 Å². The van der Waals surface area contributed by atoms with Gasteiger partial charge in [-0.25, -0.2) is 4.39 Å². The molecule has 0 bridgehead atoms. The van der Waals surface area contributed by atoms with E-state index in [4.69, 9.17) is 0 Å². The number of aromatic hydroxyl groups is 1. The summed E-state index contributed by atoms with van der Waals surface area (Å²) in [5.74, 6) is -1.10. The molecule has 0 radical (unpaired) electrons. The van der Waals surface area contributed by atoms with Gasteiger partial charge >= 0.3 is 0 Å². The van der Waals surface area contributed by atoms with Gasteiger partial charge in [0.05, 0.1) is 0 Å². The SMILES string of the molecule is O=C(C[C@@H](c1cc2ccccc2[nH]1)c1cc(F)ccc1O)c1cccc(-c2ccc(N3CCCC3)cc2)c1. The second-order valence-electron chi connectivity index (χ2n) is 10.0. The molecular formula is C33H29FN2O2. The molecule has 0 unspecified atom stereocenters. The molecule has 38 heavy (non-hydrogen) atoms. The van der Waals surface area contributed by atoms with E-state index in [9.17, 15) is 14.3 Å². The fourth-order valence-corrected chi connectivity index (χ4v) is 5.49. The number of aromatic amines is 1. The van der Waals surface area contributed by atoms with Crippen molar-refractivity contribution in [3.8, 4) is 16.9 Å². The van der Waals surface area contributed by atoms with Crippen LogP contribution in [0.15, 0.2) is 97.1 Å². The molecule has 1 fully saturated rings. The number of nitrogens with zero attached hydrogens (tertiary/aromatic N) is 1. The minimum Gasteiger partial charge on any atom is -0.508 e. The second-order valence-corrected chi connectivity index (χ2v) is 10.0. The predicted octanol–water partition coefficient (Wildman–Crippen LogP) is 7.68. The number of hydrogen-bond acceptors (Lipinski definition) is 3. The number of rotatable bonds is 7. The fraction of sp³-hybridized carbons (Fsp3) is 0.182. The lowest BCUT2D eigenvalue weighted by molar-refractivity contribution is 0.0977. The van der Waals surface area contributed by atoms with Gasteiger partial charge in [-0.15, -0.1) is 0 Å².